The summed E-state index contributed by atoms with van der Waals surface area (Å²) < 4.78 is 0. The van der Waals surface area contributed by atoms with E-state index in [2.05, 4.69) is 46.1 Å². The number of hydrogen-bond acceptors (Lipinski definition) is 2. The largest absolute Gasteiger partial charge is 0.353 e. The van der Waals surface area contributed by atoms with E-state index in [9.17, 15) is 4.79 Å². The molecule has 1 aliphatic heterocycles. The number of anilines is 1. The van der Waals surface area contributed by atoms with Gasteiger partial charge in [0, 0.05) is 34.5 Å². The van der Waals surface area contributed by atoms with Crippen molar-refractivity contribution < 1.29 is 4.79 Å². The van der Waals surface area contributed by atoms with E-state index in [0.29, 0.717) is 5.91 Å². The lowest BCUT2D eigenvalue weighted by atomic mass is 9.86. The summed E-state index contributed by atoms with van der Waals surface area (Å²) in [6.07, 6.45) is 9.68. The average molecular weight is 389 g/mol. The van der Waals surface area contributed by atoms with Crippen LogP contribution in [-0.4, -0.2) is 27.6 Å². The number of aryl methyl sites for hydroxylation is 2. The zero-order valence-corrected chi connectivity index (χ0v) is 17.3. The van der Waals surface area contributed by atoms with Crippen LogP contribution in [0.2, 0.25) is 0 Å². The molecule has 6 rings (SSSR count). The van der Waals surface area contributed by atoms with Gasteiger partial charge < -0.3 is 9.88 Å². The Morgan fingerprint density at radius 3 is 2.79 bits per heavy atom. The van der Waals surface area contributed by atoms with E-state index in [1.807, 2.05) is 6.20 Å². The minimum Gasteiger partial charge on any atom is -0.353 e. The van der Waals surface area contributed by atoms with Crippen LogP contribution in [0.3, 0.4) is 0 Å². The van der Waals surface area contributed by atoms with Crippen LogP contribution in [0, 0.1) is 5.92 Å². The Labute approximate surface area is 170 Å². The second kappa shape index (κ2) is 5.97. The van der Waals surface area contributed by atoms with Crippen LogP contribution < -0.4 is 4.90 Å². The maximum absolute atomic E-state index is 13.3. The number of fused-ring (bicyclic) bond motifs is 6. The number of H-pyrrole nitrogens is 2. The number of hydrogen-bond donors (Lipinski definition) is 2. The van der Waals surface area contributed by atoms with E-state index in [1.54, 1.807) is 0 Å². The molecule has 1 saturated carbocycles. The number of aromatic amines is 2. The lowest BCUT2D eigenvalue weighted by Crippen LogP contribution is -2.37. The van der Waals surface area contributed by atoms with Gasteiger partial charge in [0.1, 0.15) is 0 Å². The molecule has 0 atom stereocenters. The fourth-order valence-corrected chi connectivity index (χ4v) is 5.85. The quantitative estimate of drug-likeness (QED) is 0.625. The van der Waals surface area contributed by atoms with Crippen molar-refractivity contribution in [2.45, 2.75) is 64.2 Å². The molecule has 0 bridgehead atoms. The van der Waals surface area contributed by atoms with E-state index in [4.69, 9.17) is 0 Å². The first-order valence-corrected chi connectivity index (χ1v) is 11.1. The third-order valence-corrected chi connectivity index (χ3v) is 7.41. The van der Waals surface area contributed by atoms with E-state index < -0.39 is 0 Å². The van der Waals surface area contributed by atoms with Crippen molar-refractivity contribution in [1.29, 1.82) is 0 Å². The Hall–Kier alpha value is -2.56. The lowest BCUT2D eigenvalue weighted by molar-refractivity contribution is -0.122. The molecule has 1 amide bonds. The molecule has 0 saturated heterocycles. The van der Waals surface area contributed by atoms with E-state index in [-0.39, 0.29) is 11.3 Å². The molecule has 0 radical (unpaired) electrons. The lowest BCUT2D eigenvalue weighted by Gasteiger charge is -2.23. The highest BCUT2D eigenvalue weighted by atomic mass is 16.2. The van der Waals surface area contributed by atoms with Crippen LogP contribution in [0.5, 0.6) is 0 Å². The highest BCUT2D eigenvalue weighted by Gasteiger charge is 2.41. The minimum absolute atomic E-state index is 0.0283. The fourth-order valence-electron chi connectivity index (χ4n) is 5.85. The van der Waals surface area contributed by atoms with E-state index in [0.717, 1.165) is 50.0 Å². The first-order chi connectivity index (χ1) is 14.0. The Kier molecular flexibility index (Phi) is 3.57. The van der Waals surface area contributed by atoms with Gasteiger partial charge in [0.05, 0.1) is 17.6 Å². The van der Waals surface area contributed by atoms with Gasteiger partial charge in [-0.05, 0) is 60.9 Å². The summed E-state index contributed by atoms with van der Waals surface area (Å²) in [7, 11) is 0. The molecule has 3 aromatic rings. The molecule has 2 aromatic heterocycles. The van der Waals surface area contributed by atoms with Crippen molar-refractivity contribution in [3.8, 4) is 11.4 Å². The van der Waals surface area contributed by atoms with Gasteiger partial charge in [0.2, 0.25) is 5.91 Å². The van der Waals surface area contributed by atoms with Crippen molar-refractivity contribution in [2.24, 2.45) is 5.92 Å². The SMILES string of the molecule is CC1(C)CN(C(=O)C2CCCC2)c2cc3c4c([nH]c3cc21)-c1[nH]ncc1CCC4. The van der Waals surface area contributed by atoms with E-state index >= 15 is 0 Å². The molecular formula is C24H28N4O. The minimum atomic E-state index is -0.0283. The van der Waals surface area contributed by atoms with Gasteiger partial charge in [-0.15, -0.1) is 0 Å². The van der Waals surface area contributed by atoms with Gasteiger partial charge in [-0.25, -0.2) is 0 Å². The topological polar surface area (TPSA) is 64.8 Å². The van der Waals surface area contributed by atoms with Crippen molar-refractivity contribution in [3.05, 3.63) is 35.0 Å². The predicted octanol–water partition coefficient (Wildman–Crippen LogP) is 4.86. The number of benzene rings is 1. The number of carbonyl (C=O) groups excluding carboxylic acids is 1. The van der Waals surface area contributed by atoms with Crippen LogP contribution in [-0.2, 0) is 23.1 Å². The van der Waals surface area contributed by atoms with Gasteiger partial charge in [-0.2, -0.15) is 5.10 Å². The zero-order chi connectivity index (χ0) is 19.8. The number of aromatic nitrogens is 3. The number of carbonyl (C=O) groups is 1. The normalized spacial score (nSPS) is 20.6. The summed E-state index contributed by atoms with van der Waals surface area (Å²) >= 11 is 0. The third kappa shape index (κ3) is 2.46. The van der Waals surface area contributed by atoms with Gasteiger partial charge in [0.15, 0.2) is 0 Å². The first kappa shape index (κ1) is 17.3. The molecule has 0 unspecified atom stereocenters. The number of nitrogens with zero attached hydrogens (tertiary/aromatic N) is 2. The Morgan fingerprint density at radius 2 is 1.97 bits per heavy atom. The summed E-state index contributed by atoms with van der Waals surface area (Å²) in [5.41, 5.74) is 8.55. The van der Waals surface area contributed by atoms with Gasteiger partial charge >= 0.3 is 0 Å². The van der Waals surface area contributed by atoms with Crippen molar-refractivity contribution in [2.75, 3.05) is 11.4 Å². The second-order valence-corrected chi connectivity index (χ2v) is 9.81. The summed E-state index contributed by atoms with van der Waals surface area (Å²) in [5, 5.41) is 8.75. The fraction of sp³-hybridized carbons (Fsp3) is 0.500. The molecular weight excluding hydrogens is 360 g/mol. The van der Waals surface area contributed by atoms with Crippen LogP contribution in [0.1, 0.15) is 62.6 Å². The van der Waals surface area contributed by atoms with Crippen molar-refractivity contribution in [3.63, 3.8) is 0 Å². The van der Waals surface area contributed by atoms with Crippen molar-refractivity contribution >= 4 is 22.5 Å². The maximum atomic E-state index is 13.3. The average Bonchev–Trinajstić information content (AvgIpc) is 3.46. The number of nitrogens with one attached hydrogen (secondary N) is 2. The smallest absolute Gasteiger partial charge is 0.230 e. The molecule has 29 heavy (non-hydrogen) atoms. The Morgan fingerprint density at radius 1 is 1.14 bits per heavy atom. The molecule has 1 aromatic carbocycles. The van der Waals surface area contributed by atoms with Crippen LogP contribution in [0.4, 0.5) is 5.69 Å². The first-order valence-electron chi connectivity index (χ1n) is 11.1. The maximum Gasteiger partial charge on any atom is 0.230 e. The molecule has 3 aliphatic rings. The summed E-state index contributed by atoms with van der Waals surface area (Å²) in [6, 6.07) is 4.60. The zero-order valence-electron chi connectivity index (χ0n) is 17.3. The third-order valence-electron chi connectivity index (χ3n) is 7.41. The summed E-state index contributed by atoms with van der Waals surface area (Å²) in [6.45, 7) is 5.32. The standard InChI is InChI=1S/C24H28N4O/c1-24(2)13-28(23(29)14-6-3-4-7-14)20-10-17-16-9-5-8-15-12-25-27-21(15)22(16)26-19(17)11-18(20)24/h10-12,14,26H,3-9,13H2,1-2H3,(H,25,27). The molecule has 150 valence electrons. The molecule has 5 heteroatoms. The predicted molar refractivity (Wildman–Crippen MR) is 115 cm³/mol. The molecule has 1 fully saturated rings. The molecule has 2 aliphatic carbocycles. The summed E-state index contributed by atoms with van der Waals surface area (Å²) in [5.74, 6) is 0.550. The molecule has 5 nitrogen and oxygen atoms in total. The molecule has 2 N–H and O–H groups in total. The van der Waals surface area contributed by atoms with Crippen molar-refractivity contribution in [1.82, 2.24) is 15.2 Å². The van der Waals surface area contributed by atoms with E-state index in [1.165, 1.54) is 46.1 Å². The van der Waals surface area contributed by atoms with Gasteiger partial charge in [0.25, 0.3) is 0 Å². The van der Waals surface area contributed by atoms with Crippen LogP contribution >= 0.6 is 0 Å². The van der Waals surface area contributed by atoms with Gasteiger partial charge in [-0.3, -0.25) is 9.89 Å². The summed E-state index contributed by atoms with van der Waals surface area (Å²) in [4.78, 5) is 19.1. The monoisotopic (exact) mass is 388 g/mol. The van der Waals surface area contributed by atoms with Gasteiger partial charge in [-0.1, -0.05) is 26.7 Å². The highest BCUT2D eigenvalue weighted by Crippen LogP contribution is 2.46. The van der Waals surface area contributed by atoms with Crippen LogP contribution in [0.25, 0.3) is 22.3 Å². The number of amides is 1. The molecule has 3 heterocycles. The number of rotatable bonds is 1. The Balaban J connectivity index is 1.52. The van der Waals surface area contributed by atoms with Crippen LogP contribution in [0.15, 0.2) is 18.3 Å². The second-order valence-electron chi connectivity index (χ2n) is 9.81. The molecule has 0 spiro atoms. The highest BCUT2D eigenvalue weighted by molar-refractivity contribution is 6.02. The Bertz CT molecular complexity index is 1130.